The Hall–Kier alpha value is -2.66. The first-order valence-electron chi connectivity index (χ1n) is 9.29. The average molecular weight is 454 g/mol. The number of fused-ring (bicyclic) bond motifs is 1. The first-order chi connectivity index (χ1) is 14.4. The van der Waals surface area contributed by atoms with Crippen LogP contribution in [0, 0.1) is 6.92 Å². The summed E-state index contributed by atoms with van der Waals surface area (Å²) in [7, 11) is 0. The Morgan fingerprint density at radius 1 is 0.967 bits per heavy atom. The zero-order valence-corrected chi connectivity index (χ0v) is 18.4. The van der Waals surface area contributed by atoms with E-state index in [9.17, 15) is 9.59 Å². The van der Waals surface area contributed by atoms with Crippen molar-refractivity contribution in [2.24, 2.45) is 0 Å². The third-order valence-corrected chi connectivity index (χ3v) is 6.82. The minimum atomic E-state index is -0.245. The number of Topliss-reactive ketones (excluding diaryl/α,β-unsaturated/α-hetero) is 1. The van der Waals surface area contributed by atoms with Gasteiger partial charge in [0.2, 0.25) is 0 Å². The second-order valence-corrected chi connectivity index (χ2v) is 8.81. The second kappa shape index (κ2) is 8.60. The van der Waals surface area contributed by atoms with Crippen LogP contribution in [0.25, 0.3) is 10.1 Å². The van der Waals surface area contributed by atoms with Gasteiger partial charge < -0.3 is 5.32 Å². The number of benzene rings is 3. The van der Waals surface area contributed by atoms with Gasteiger partial charge in [-0.15, -0.1) is 11.3 Å². The Morgan fingerprint density at radius 3 is 2.43 bits per heavy atom. The van der Waals surface area contributed by atoms with E-state index in [1.807, 2.05) is 37.3 Å². The van der Waals surface area contributed by atoms with Crippen LogP contribution in [0.2, 0.25) is 10.0 Å². The molecule has 1 aromatic heterocycles. The van der Waals surface area contributed by atoms with Gasteiger partial charge in [-0.1, -0.05) is 47.5 Å². The molecule has 1 N–H and O–H groups in total. The van der Waals surface area contributed by atoms with E-state index >= 15 is 0 Å². The number of anilines is 1. The van der Waals surface area contributed by atoms with E-state index in [0.29, 0.717) is 26.2 Å². The van der Waals surface area contributed by atoms with Gasteiger partial charge in [-0.05, 0) is 60.5 Å². The molecule has 3 aromatic carbocycles. The molecule has 0 bridgehead atoms. The van der Waals surface area contributed by atoms with Gasteiger partial charge in [0, 0.05) is 32.8 Å². The Labute approximate surface area is 188 Å². The topological polar surface area (TPSA) is 46.2 Å². The van der Waals surface area contributed by atoms with Crippen molar-refractivity contribution < 1.29 is 9.59 Å². The first kappa shape index (κ1) is 20.6. The third kappa shape index (κ3) is 4.26. The van der Waals surface area contributed by atoms with Crippen LogP contribution in [0.5, 0.6) is 0 Å². The lowest BCUT2D eigenvalue weighted by Crippen LogP contribution is -2.13. The molecule has 150 valence electrons. The predicted octanol–water partition coefficient (Wildman–Crippen LogP) is 7.19. The minimum absolute atomic E-state index is 0.0560. The van der Waals surface area contributed by atoms with Crippen molar-refractivity contribution in [2.45, 2.75) is 13.3 Å². The number of rotatable bonds is 5. The van der Waals surface area contributed by atoms with Crippen molar-refractivity contribution in [3.63, 3.8) is 0 Å². The fraction of sp³-hybridized carbons (Fsp3) is 0.0833. The summed E-state index contributed by atoms with van der Waals surface area (Å²) >= 11 is 13.7. The molecule has 0 atom stereocenters. The van der Waals surface area contributed by atoms with E-state index in [1.54, 1.807) is 36.4 Å². The summed E-state index contributed by atoms with van der Waals surface area (Å²) in [5.41, 5.74) is 2.89. The summed E-state index contributed by atoms with van der Waals surface area (Å²) in [5, 5.41) is 4.83. The van der Waals surface area contributed by atoms with Gasteiger partial charge in [-0.2, -0.15) is 0 Å². The maximum atomic E-state index is 13.0. The van der Waals surface area contributed by atoms with Crippen LogP contribution in [-0.4, -0.2) is 11.7 Å². The molecule has 0 spiro atoms. The highest BCUT2D eigenvalue weighted by atomic mass is 35.5. The van der Waals surface area contributed by atoms with E-state index in [1.165, 1.54) is 11.3 Å². The number of ketones is 1. The normalized spacial score (nSPS) is 10.9. The number of carbonyl (C=O) groups excluding carboxylic acids is 2. The lowest BCUT2D eigenvalue weighted by atomic mass is 9.99. The largest absolute Gasteiger partial charge is 0.322 e. The smallest absolute Gasteiger partial charge is 0.255 e. The Bertz CT molecular complexity index is 1260. The third-order valence-electron chi connectivity index (χ3n) is 4.85. The van der Waals surface area contributed by atoms with Crippen molar-refractivity contribution in [2.75, 3.05) is 5.32 Å². The second-order valence-electron chi connectivity index (χ2n) is 6.94. The molecule has 1 heterocycles. The van der Waals surface area contributed by atoms with Crippen LogP contribution in [0.1, 0.15) is 31.2 Å². The van der Waals surface area contributed by atoms with Crippen molar-refractivity contribution in [1.82, 2.24) is 0 Å². The fourth-order valence-electron chi connectivity index (χ4n) is 3.19. The van der Waals surface area contributed by atoms with E-state index in [0.717, 1.165) is 21.2 Å². The summed E-state index contributed by atoms with van der Waals surface area (Å²) in [4.78, 5) is 26.2. The van der Waals surface area contributed by atoms with E-state index in [2.05, 4.69) is 5.32 Å². The molecular formula is C24H17Cl2NO2S. The zero-order valence-electron chi connectivity index (χ0n) is 16.0. The van der Waals surface area contributed by atoms with Crippen LogP contribution >= 0.6 is 34.5 Å². The van der Waals surface area contributed by atoms with E-state index < -0.39 is 0 Å². The molecule has 0 aliphatic carbocycles. The molecule has 0 fully saturated rings. The monoisotopic (exact) mass is 453 g/mol. The van der Waals surface area contributed by atoms with Gasteiger partial charge in [-0.25, -0.2) is 0 Å². The van der Waals surface area contributed by atoms with Gasteiger partial charge in [0.05, 0.1) is 9.90 Å². The summed E-state index contributed by atoms with van der Waals surface area (Å²) < 4.78 is 0.985. The van der Waals surface area contributed by atoms with Gasteiger partial charge in [0.15, 0.2) is 5.78 Å². The molecule has 0 radical (unpaired) electrons. The van der Waals surface area contributed by atoms with Gasteiger partial charge in [0.25, 0.3) is 5.91 Å². The minimum Gasteiger partial charge on any atom is -0.322 e. The molecule has 0 saturated carbocycles. The van der Waals surface area contributed by atoms with Crippen molar-refractivity contribution in [3.05, 3.63) is 98.3 Å². The van der Waals surface area contributed by atoms with Gasteiger partial charge >= 0.3 is 0 Å². The average Bonchev–Trinajstić information content (AvgIpc) is 3.08. The molecule has 6 heteroatoms. The molecule has 0 aliphatic rings. The summed E-state index contributed by atoms with van der Waals surface area (Å²) in [6.07, 6.45) is 0.181. The maximum Gasteiger partial charge on any atom is 0.255 e. The van der Waals surface area contributed by atoms with Gasteiger partial charge in [-0.3, -0.25) is 9.59 Å². The number of thiophene rings is 1. The summed E-state index contributed by atoms with van der Waals surface area (Å²) in [6.45, 7) is 1.93. The zero-order chi connectivity index (χ0) is 21.3. The molecule has 30 heavy (non-hydrogen) atoms. The number of hydrogen-bond acceptors (Lipinski definition) is 3. The van der Waals surface area contributed by atoms with Crippen molar-refractivity contribution in [1.29, 1.82) is 0 Å². The number of hydrogen-bond donors (Lipinski definition) is 1. The van der Waals surface area contributed by atoms with E-state index in [-0.39, 0.29) is 18.1 Å². The lowest BCUT2D eigenvalue weighted by Gasteiger charge is -2.09. The van der Waals surface area contributed by atoms with Crippen LogP contribution in [-0.2, 0) is 6.42 Å². The Balaban J connectivity index is 1.56. The number of amides is 1. The molecule has 3 nitrogen and oxygen atoms in total. The molecule has 0 aliphatic heterocycles. The van der Waals surface area contributed by atoms with Gasteiger partial charge in [0.1, 0.15) is 0 Å². The molecule has 0 saturated heterocycles. The fourth-order valence-corrected chi connectivity index (χ4v) is 4.79. The van der Waals surface area contributed by atoms with E-state index in [4.69, 9.17) is 23.2 Å². The molecular weight excluding hydrogens is 437 g/mol. The Kier molecular flexibility index (Phi) is 5.91. The summed E-state index contributed by atoms with van der Waals surface area (Å²) in [5.74, 6) is -0.300. The highest BCUT2D eigenvalue weighted by Gasteiger charge is 2.19. The molecule has 1 amide bonds. The number of nitrogens with one attached hydrogen (secondary N) is 1. The van der Waals surface area contributed by atoms with Crippen LogP contribution < -0.4 is 5.32 Å². The molecule has 4 rings (SSSR count). The highest BCUT2D eigenvalue weighted by molar-refractivity contribution is 7.21. The molecule has 0 unspecified atom stereocenters. The maximum absolute atomic E-state index is 13.0. The van der Waals surface area contributed by atoms with Crippen molar-refractivity contribution in [3.8, 4) is 0 Å². The quantitative estimate of drug-likeness (QED) is 0.324. The molecule has 4 aromatic rings. The predicted molar refractivity (Wildman–Crippen MR) is 125 cm³/mol. The van der Waals surface area contributed by atoms with Crippen LogP contribution in [0.15, 0.2) is 66.7 Å². The lowest BCUT2D eigenvalue weighted by molar-refractivity contribution is 0.0992. The van der Waals surface area contributed by atoms with Crippen LogP contribution in [0.3, 0.4) is 0 Å². The van der Waals surface area contributed by atoms with Crippen molar-refractivity contribution >= 4 is 62.0 Å². The number of carbonyl (C=O) groups is 2. The number of aryl methyl sites for hydroxylation is 1. The standard InChI is InChI=1S/C24H17Cl2NO2S/c1-14-6-7-15(24(29)27-18-10-8-17(25)9-11-18)12-16(14)13-20(28)23-22(26)19-4-2-3-5-21(19)30-23/h2-12H,13H2,1H3,(H,27,29). The number of halogens is 2. The Morgan fingerprint density at radius 2 is 1.70 bits per heavy atom. The first-order valence-corrected chi connectivity index (χ1v) is 10.9. The SMILES string of the molecule is Cc1ccc(C(=O)Nc2ccc(Cl)cc2)cc1CC(=O)c1sc2ccccc2c1Cl. The summed E-state index contributed by atoms with van der Waals surface area (Å²) in [6, 6.07) is 20.0. The van der Waals surface area contributed by atoms with Crippen LogP contribution in [0.4, 0.5) is 5.69 Å². The highest BCUT2D eigenvalue weighted by Crippen LogP contribution is 2.36.